The first-order valence-corrected chi connectivity index (χ1v) is 7.64. The molecule has 112 valence electrons. The highest BCUT2D eigenvalue weighted by atomic mass is 16.5. The molecule has 4 nitrogen and oxygen atoms in total. The largest absolute Gasteiger partial charge is 0.494 e. The van der Waals surface area contributed by atoms with Gasteiger partial charge in [0.25, 0.3) is 0 Å². The van der Waals surface area contributed by atoms with E-state index in [2.05, 4.69) is 5.32 Å². The Balaban J connectivity index is 2.16. The Morgan fingerprint density at radius 3 is 2.70 bits per heavy atom. The van der Waals surface area contributed by atoms with Crippen LogP contribution in [0, 0.1) is 5.92 Å². The lowest BCUT2D eigenvalue weighted by atomic mass is 10.0. The minimum absolute atomic E-state index is 0.441. The molecule has 0 bridgehead atoms. The Hall–Kier alpha value is -1.42. The second-order valence-corrected chi connectivity index (χ2v) is 5.20. The third-order valence-corrected chi connectivity index (χ3v) is 3.86. The van der Waals surface area contributed by atoms with Crippen LogP contribution < -0.4 is 20.5 Å². The van der Waals surface area contributed by atoms with Crippen molar-refractivity contribution in [1.29, 1.82) is 0 Å². The maximum atomic E-state index is 5.86. The molecular weight excluding hydrogens is 252 g/mol. The van der Waals surface area contributed by atoms with Crippen LogP contribution in [0.1, 0.15) is 33.1 Å². The maximum absolute atomic E-state index is 5.86. The smallest absolute Gasteiger partial charge is 0.142 e. The molecule has 0 spiro atoms. The molecular formula is C16H26N2O2. The fourth-order valence-electron chi connectivity index (χ4n) is 2.87. The lowest BCUT2D eigenvalue weighted by Crippen LogP contribution is -2.29. The average Bonchev–Trinajstić information content (AvgIpc) is 2.89. The van der Waals surface area contributed by atoms with E-state index in [0.717, 1.165) is 23.7 Å². The van der Waals surface area contributed by atoms with Crippen molar-refractivity contribution in [3.63, 3.8) is 0 Å². The van der Waals surface area contributed by atoms with Crippen LogP contribution in [0.5, 0.6) is 11.5 Å². The number of nitrogens with one attached hydrogen (secondary N) is 1. The second-order valence-electron chi connectivity index (χ2n) is 5.20. The molecule has 2 atom stereocenters. The summed E-state index contributed by atoms with van der Waals surface area (Å²) in [6.45, 7) is 6.06. The van der Waals surface area contributed by atoms with Crippen molar-refractivity contribution in [1.82, 2.24) is 0 Å². The molecule has 2 rings (SSSR count). The van der Waals surface area contributed by atoms with Crippen LogP contribution in [-0.4, -0.2) is 25.8 Å². The van der Waals surface area contributed by atoms with Gasteiger partial charge in [0.2, 0.25) is 0 Å². The summed E-state index contributed by atoms with van der Waals surface area (Å²) < 4.78 is 11.3. The molecule has 1 aromatic carbocycles. The standard InChI is InChI=1S/C16H26N2O2/c1-3-19-13-8-9-16(20-4-2)15(10-13)18-14-7-5-6-12(14)11-17/h8-10,12,14,18H,3-7,11,17H2,1-2H3. The molecule has 20 heavy (non-hydrogen) atoms. The van der Waals surface area contributed by atoms with Gasteiger partial charge < -0.3 is 20.5 Å². The van der Waals surface area contributed by atoms with Crippen molar-refractivity contribution < 1.29 is 9.47 Å². The summed E-state index contributed by atoms with van der Waals surface area (Å²) in [5, 5.41) is 3.61. The molecule has 1 aliphatic rings. The number of ether oxygens (including phenoxy) is 2. The number of hydrogen-bond acceptors (Lipinski definition) is 4. The topological polar surface area (TPSA) is 56.5 Å². The minimum Gasteiger partial charge on any atom is -0.494 e. The summed E-state index contributed by atoms with van der Waals surface area (Å²) in [7, 11) is 0. The van der Waals surface area contributed by atoms with Gasteiger partial charge in [-0.15, -0.1) is 0 Å². The number of hydrogen-bond donors (Lipinski definition) is 2. The molecule has 0 aliphatic heterocycles. The Morgan fingerprint density at radius 2 is 2.00 bits per heavy atom. The van der Waals surface area contributed by atoms with Crippen molar-refractivity contribution in [2.75, 3.05) is 25.1 Å². The van der Waals surface area contributed by atoms with Crippen LogP contribution in [0.25, 0.3) is 0 Å². The maximum Gasteiger partial charge on any atom is 0.142 e. The Labute approximate surface area is 121 Å². The molecule has 1 aromatic rings. The van der Waals surface area contributed by atoms with Gasteiger partial charge in [-0.25, -0.2) is 0 Å². The van der Waals surface area contributed by atoms with Crippen LogP contribution >= 0.6 is 0 Å². The summed E-state index contributed by atoms with van der Waals surface area (Å²) in [5.74, 6) is 2.32. The Bertz CT molecular complexity index is 423. The third-order valence-electron chi connectivity index (χ3n) is 3.86. The number of benzene rings is 1. The van der Waals surface area contributed by atoms with Crippen molar-refractivity contribution in [3.05, 3.63) is 18.2 Å². The van der Waals surface area contributed by atoms with Gasteiger partial charge in [-0.05, 0) is 51.3 Å². The lowest BCUT2D eigenvalue weighted by molar-refractivity contribution is 0.331. The summed E-state index contributed by atoms with van der Waals surface area (Å²) in [6, 6.07) is 6.40. The predicted octanol–water partition coefficient (Wildman–Crippen LogP) is 3.02. The van der Waals surface area contributed by atoms with Gasteiger partial charge in [0.1, 0.15) is 11.5 Å². The zero-order chi connectivity index (χ0) is 14.4. The van der Waals surface area contributed by atoms with Gasteiger partial charge in [-0.1, -0.05) is 6.42 Å². The van der Waals surface area contributed by atoms with Gasteiger partial charge in [0, 0.05) is 12.1 Å². The highest BCUT2D eigenvalue weighted by Crippen LogP contribution is 2.34. The first kappa shape index (κ1) is 15.0. The van der Waals surface area contributed by atoms with Crippen molar-refractivity contribution in [3.8, 4) is 11.5 Å². The fraction of sp³-hybridized carbons (Fsp3) is 0.625. The molecule has 1 saturated carbocycles. The number of rotatable bonds is 7. The van der Waals surface area contributed by atoms with E-state index >= 15 is 0 Å². The van der Waals surface area contributed by atoms with Crippen molar-refractivity contribution >= 4 is 5.69 Å². The van der Waals surface area contributed by atoms with E-state index in [-0.39, 0.29) is 0 Å². The SMILES string of the molecule is CCOc1ccc(OCC)c(NC2CCCC2CN)c1. The molecule has 3 N–H and O–H groups in total. The average molecular weight is 278 g/mol. The molecule has 1 fully saturated rings. The molecule has 1 aliphatic carbocycles. The minimum atomic E-state index is 0.441. The molecule has 0 saturated heterocycles. The third kappa shape index (κ3) is 3.57. The van der Waals surface area contributed by atoms with Crippen molar-refractivity contribution in [2.45, 2.75) is 39.2 Å². The highest BCUT2D eigenvalue weighted by molar-refractivity contribution is 5.60. The highest BCUT2D eigenvalue weighted by Gasteiger charge is 2.26. The van der Waals surface area contributed by atoms with E-state index in [1.54, 1.807) is 0 Å². The lowest BCUT2D eigenvalue weighted by Gasteiger charge is -2.23. The predicted molar refractivity (Wildman–Crippen MR) is 82.6 cm³/mol. The van der Waals surface area contributed by atoms with E-state index in [0.29, 0.717) is 25.2 Å². The number of nitrogens with two attached hydrogens (primary N) is 1. The second kappa shape index (κ2) is 7.39. The molecule has 0 amide bonds. The van der Waals surface area contributed by atoms with Gasteiger partial charge in [0.05, 0.1) is 18.9 Å². The monoisotopic (exact) mass is 278 g/mol. The van der Waals surface area contributed by atoms with Gasteiger partial charge in [0.15, 0.2) is 0 Å². The van der Waals surface area contributed by atoms with E-state index in [1.807, 2.05) is 32.0 Å². The normalized spacial score (nSPS) is 21.8. The molecule has 2 unspecified atom stereocenters. The van der Waals surface area contributed by atoms with E-state index in [9.17, 15) is 0 Å². The van der Waals surface area contributed by atoms with Gasteiger partial charge in [-0.3, -0.25) is 0 Å². The first-order valence-electron chi connectivity index (χ1n) is 7.64. The van der Waals surface area contributed by atoms with Crippen LogP contribution in [0.15, 0.2) is 18.2 Å². The number of anilines is 1. The summed E-state index contributed by atoms with van der Waals surface area (Å²) in [6.07, 6.45) is 3.63. The van der Waals surface area contributed by atoms with E-state index in [1.165, 1.54) is 19.3 Å². The Morgan fingerprint density at radius 1 is 1.20 bits per heavy atom. The molecule has 0 heterocycles. The molecule has 0 radical (unpaired) electrons. The molecule has 4 heteroatoms. The van der Waals surface area contributed by atoms with Gasteiger partial charge >= 0.3 is 0 Å². The van der Waals surface area contributed by atoms with Crippen LogP contribution in [0.4, 0.5) is 5.69 Å². The Kier molecular flexibility index (Phi) is 5.53. The van der Waals surface area contributed by atoms with Crippen molar-refractivity contribution in [2.24, 2.45) is 11.7 Å². The van der Waals surface area contributed by atoms with Crippen LogP contribution in [0.2, 0.25) is 0 Å². The first-order chi connectivity index (χ1) is 9.78. The fourth-order valence-corrected chi connectivity index (χ4v) is 2.87. The zero-order valence-corrected chi connectivity index (χ0v) is 12.5. The summed E-state index contributed by atoms with van der Waals surface area (Å²) in [5.41, 5.74) is 6.87. The van der Waals surface area contributed by atoms with E-state index in [4.69, 9.17) is 15.2 Å². The van der Waals surface area contributed by atoms with E-state index < -0.39 is 0 Å². The zero-order valence-electron chi connectivity index (χ0n) is 12.5. The van der Waals surface area contributed by atoms with Crippen LogP contribution in [0.3, 0.4) is 0 Å². The summed E-state index contributed by atoms with van der Waals surface area (Å²) in [4.78, 5) is 0. The van der Waals surface area contributed by atoms with Gasteiger partial charge in [-0.2, -0.15) is 0 Å². The quantitative estimate of drug-likeness (QED) is 0.805. The van der Waals surface area contributed by atoms with Crippen LogP contribution in [-0.2, 0) is 0 Å². The summed E-state index contributed by atoms with van der Waals surface area (Å²) >= 11 is 0. The molecule has 0 aromatic heterocycles.